The molecule has 5 nitrogen and oxygen atoms in total. The topological polar surface area (TPSA) is 60.5 Å². The molecule has 0 spiro atoms. The van der Waals surface area contributed by atoms with Gasteiger partial charge < -0.3 is 14.8 Å². The highest BCUT2D eigenvalue weighted by molar-refractivity contribution is 6.30. The summed E-state index contributed by atoms with van der Waals surface area (Å²) in [5.74, 6) is -0.471. The molecular weight excluding hydrogens is 323 g/mol. The number of pyridine rings is 1. The summed E-state index contributed by atoms with van der Waals surface area (Å²) in [5.41, 5.74) is 0.836. The minimum Gasteiger partial charge on any atom is -0.490 e. The first-order chi connectivity index (χ1) is 11.1. The molecular formula is C16H14ClFN2O3. The molecule has 0 saturated carbocycles. The zero-order chi connectivity index (χ0) is 16.4. The van der Waals surface area contributed by atoms with Gasteiger partial charge in [-0.15, -0.1) is 0 Å². The second-order valence-corrected chi connectivity index (χ2v) is 5.47. The van der Waals surface area contributed by atoms with Crippen LogP contribution in [0.1, 0.15) is 28.4 Å². The number of carbonyl (C=O) groups is 1. The molecule has 120 valence electrons. The molecule has 2 heterocycles. The number of amides is 1. The zero-order valence-corrected chi connectivity index (χ0v) is 13.1. The SMILES string of the molecule is COc1ncc(Cl)cc1C(=O)NC1CCOc2c(F)cccc21. The Morgan fingerprint density at radius 2 is 2.35 bits per heavy atom. The van der Waals surface area contributed by atoms with Gasteiger partial charge in [0.05, 0.1) is 24.8 Å². The van der Waals surface area contributed by atoms with Gasteiger partial charge in [-0.1, -0.05) is 23.7 Å². The standard InChI is InChI=1S/C16H14ClFN2O3/c1-22-16-11(7-9(17)8-19-16)15(21)20-13-5-6-23-14-10(13)3-2-4-12(14)18/h2-4,7-8,13H,5-6H2,1H3,(H,20,21). The first-order valence-electron chi connectivity index (χ1n) is 7.01. The van der Waals surface area contributed by atoms with E-state index in [4.69, 9.17) is 21.1 Å². The van der Waals surface area contributed by atoms with E-state index in [9.17, 15) is 9.18 Å². The summed E-state index contributed by atoms with van der Waals surface area (Å²) in [6.45, 7) is 0.323. The number of para-hydroxylation sites is 1. The normalized spacial score (nSPS) is 16.2. The number of halogens is 2. The molecule has 0 aliphatic carbocycles. The Balaban J connectivity index is 1.88. The Bertz CT molecular complexity index is 754. The molecule has 1 aromatic carbocycles. The fraction of sp³-hybridized carbons (Fsp3) is 0.250. The number of carbonyl (C=O) groups excluding carboxylic acids is 1. The maximum absolute atomic E-state index is 13.8. The molecule has 1 atom stereocenters. The molecule has 1 aromatic heterocycles. The predicted octanol–water partition coefficient (Wildman–Crippen LogP) is 3.14. The van der Waals surface area contributed by atoms with Crippen LogP contribution in [-0.2, 0) is 0 Å². The number of ether oxygens (including phenoxy) is 2. The van der Waals surface area contributed by atoms with Crippen molar-refractivity contribution in [1.82, 2.24) is 10.3 Å². The number of hydrogen-bond donors (Lipinski definition) is 1. The quantitative estimate of drug-likeness (QED) is 0.935. The highest BCUT2D eigenvalue weighted by atomic mass is 35.5. The van der Waals surface area contributed by atoms with Gasteiger partial charge in [0, 0.05) is 18.2 Å². The average Bonchev–Trinajstić information content (AvgIpc) is 2.56. The Kier molecular flexibility index (Phi) is 4.34. The highest BCUT2D eigenvalue weighted by Gasteiger charge is 2.26. The number of rotatable bonds is 3. The molecule has 2 aromatic rings. The van der Waals surface area contributed by atoms with E-state index in [1.165, 1.54) is 25.4 Å². The van der Waals surface area contributed by atoms with Crippen LogP contribution in [0.3, 0.4) is 0 Å². The molecule has 0 radical (unpaired) electrons. The second-order valence-electron chi connectivity index (χ2n) is 5.03. The summed E-state index contributed by atoms with van der Waals surface area (Å²) in [7, 11) is 1.42. The summed E-state index contributed by atoms with van der Waals surface area (Å²) in [5, 5.41) is 3.18. The third kappa shape index (κ3) is 3.07. The number of aromatic nitrogens is 1. The molecule has 0 bridgehead atoms. The first kappa shape index (κ1) is 15.6. The highest BCUT2D eigenvalue weighted by Crippen LogP contribution is 2.34. The van der Waals surface area contributed by atoms with Crippen LogP contribution in [-0.4, -0.2) is 24.6 Å². The van der Waals surface area contributed by atoms with E-state index < -0.39 is 5.82 Å². The van der Waals surface area contributed by atoms with Crippen LogP contribution < -0.4 is 14.8 Å². The number of nitrogens with zero attached hydrogens (tertiary/aromatic N) is 1. The Morgan fingerprint density at radius 1 is 1.52 bits per heavy atom. The summed E-state index contributed by atoms with van der Waals surface area (Å²) >= 11 is 5.89. The molecule has 1 aliphatic rings. The van der Waals surface area contributed by atoms with Crippen LogP contribution in [0.5, 0.6) is 11.6 Å². The summed E-state index contributed by atoms with van der Waals surface area (Å²) in [6, 6.07) is 5.77. The number of nitrogens with one attached hydrogen (secondary N) is 1. The summed E-state index contributed by atoms with van der Waals surface area (Å²) < 4.78 is 24.2. The lowest BCUT2D eigenvalue weighted by Crippen LogP contribution is -2.32. The van der Waals surface area contributed by atoms with Gasteiger partial charge in [0.2, 0.25) is 5.88 Å². The fourth-order valence-electron chi connectivity index (χ4n) is 2.52. The van der Waals surface area contributed by atoms with Gasteiger partial charge in [-0.25, -0.2) is 9.37 Å². The maximum Gasteiger partial charge on any atom is 0.257 e. The third-order valence-corrected chi connectivity index (χ3v) is 3.79. The molecule has 1 unspecified atom stereocenters. The minimum atomic E-state index is -0.441. The maximum atomic E-state index is 13.8. The summed E-state index contributed by atoms with van der Waals surface area (Å²) in [4.78, 5) is 16.5. The number of fused-ring (bicyclic) bond motifs is 1. The van der Waals surface area contributed by atoms with Crippen molar-refractivity contribution in [3.05, 3.63) is 52.4 Å². The number of benzene rings is 1. The van der Waals surface area contributed by atoms with Crippen molar-refractivity contribution in [2.24, 2.45) is 0 Å². The van der Waals surface area contributed by atoms with E-state index in [1.807, 2.05) is 0 Å². The van der Waals surface area contributed by atoms with Gasteiger partial charge in [-0.3, -0.25) is 4.79 Å². The molecule has 0 fully saturated rings. The van der Waals surface area contributed by atoms with E-state index in [2.05, 4.69) is 10.3 Å². The Hall–Kier alpha value is -2.34. The van der Waals surface area contributed by atoms with Crippen LogP contribution >= 0.6 is 11.6 Å². The number of hydrogen-bond acceptors (Lipinski definition) is 4. The van der Waals surface area contributed by atoms with Gasteiger partial charge in [0.1, 0.15) is 5.56 Å². The fourth-order valence-corrected chi connectivity index (χ4v) is 2.68. The van der Waals surface area contributed by atoms with Crippen LogP contribution in [0.4, 0.5) is 4.39 Å². The molecule has 1 N–H and O–H groups in total. The van der Waals surface area contributed by atoms with Gasteiger partial charge in [-0.2, -0.15) is 0 Å². The Labute approximate surface area is 137 Å². The minimum absolute atomic E-state index is 0.179. The van der Waals surface area contributed by atoms with Crippen molar-refractivity contribution >= 4 is 17.5 Å². The van der Waals surface area contributed by atoms with E-state index in [0.717, 1.165) is 0 Å². The molecule has 7 heteroatoms. The Morgan fingerprint density at radius 3 is 3.13 bits per heavy atom. The van der Waals surface area contributed by atoms with Crippen LogP contribution in [0.2, 0.25) is 5.02 Å². The third-order valence-electron chi connectivity index (χ3n) is 3.59. The molecule has 1 aliphatic heterocycles. The smallest absolute Gasteiger partial charge is 0.257 e. The van der Waals surface area contributed by atoms with Crippen molar-refractivity contribution in [2.45, 2.75) is 12.5 Å². The van der Waals surface area contributed by atoms with E-state index >= 15 is 0 Å². The van der Waals surface area contributed by atoms with Crippen LogP contribution in [0, 0.1) is 5.82 Å². The van der Waals surface area contributed by atoms with E-state index in [1.54, 1.807) is 12.1 Å². The van der Waals surface area contributed by atoms with Crippen LogP contribution in [0.15, 0.2) is 30.5 Å². The van der Waals surface area contributed by atoms with Gasteiger partial charge in [0.25, 0.3) is 5.91 Å². The van der Waals surface area contributed by atoms with Crippen molar-refractivity contribution in [1.29, 1.82) is 0 Å². The predicted molar refractivity (Wildman–Crippen MR) is 82.5 cm³/mol. The van der Waals surface area contributed by atoms with Gasteiger partial charge in [-0.05, 0) is 12.1 Å². The van der Waals surface area contributed by atoms with Crippen LogP contribution in [0.25, 0.3) is 0 Å². The zero-order valence-electron chi connectivity index (χ0n) is 12.3. The molecule has 3 rings (SSSR count). The number of methoxy groups -OCH3 is 1. The second kappa shape index (κ2) is 6.42. The molecule has 23 heavy (non-hydrogen) atoms. The van der Waals surface area contributed by atoms with Crippen molar-refractivity contribution < 1.29 is 18.7 Å². The van der Waals surface area contributed by atoms with E-state index in [0.29, 0.717) is 23.6 Å². The lowest BCUT2D eigenvalue weighted by atomic mass is 10.00. The lowest BCUT2D eigenvalue weighted by molar-refractivity contribution is 0.0920. The van der Waals surface area contributed by atoms with Crippen molar-refractivity contribution in [3.63, 3.8) is 0 Å². The summed E-state index contributed by atoms with van der Waals surface area (Å²) in [6.07, 6.45) is 1.94. The van der Waals surface area contributed by atoms with E-state index in [-0.39, 0.29) is 29.1 Å². The molecule has 0 saturated heterocycles. The largest absolute Gasteiger partial charge is 0.490 e. The lowest BCUT2D eigenvalue weighted by Gasteiger charge is -2.27. The van der Waals surface area contributed by atoms with Crippen molar-refractivity contribution in [3.8, 4) is 11.6 Å². The van der Waals surface area contributed by atoms with Crippen molar-refractivity contribution in [2.75, 3.05) is 13.7 Å². The van der Waals surface area contributed by atoms with Gasteiger partial charge >= 0.3 is 0 Å². The monoisotopic (exact) mass is 336 g/mol. The van der Waals surface area contributed by atoms with Gasteiger partial charge in [0.15, 0.2) is 11.6 Å². The molecule has 1 amide bonds. The first-order valence-corrected chi connectivity index (χ1v) is 7.39. The average molecular weight is 337 g/mol.